The highest BCUT2D eigenvalue weighted by Crippen LogP contribution is 2.60. The highest BCUT2D eigenvalue weighted by atomic mass is 32.1. The summed E-state index contributed by atoms with van der Waals surface area (Å²) in [6, 6.07) is 3.77. The number of carbonyl (C=O) groups is 1. The van der Waals surface area contributed by atoms with Crippen molar-refractivity contribution < 1.29 is 15.0 Å². The van der Waals surface area contributed by atoms with Crippen molar-refractivity contribution in [2.75, 3.05) is 13.1 Å². The molecule has 1 aromatic rings. The van der Waals surface area contributed by atoms with Crippen molar-refractivity contribution in [1.82, 2.24) is 4.90 Å². The van der Waals surface area contributed by atoms with E-state index in [9.17, 15) is 15.0 Å². The maximum Gasteiger partial charge on any atom is 0.134 e. The quantitative estimate of drug-likeness (QED) is 0.674. The van der Waals surface area contributed by atoms with Crippen molar-refractivity contribution >= 4 is 23.0 Å². The van der Waals surface area contributed by atoms with Gasteiger partial charge in [-0.3, -0.25) is 9.69 Å². The van der Waals surface area contributed by atoms with Gasteiger partial charge in [0.1, 0.15) is 16.5 Å². The lowest BCUT2D eigenvalue weighted by atomic mass is 9.49. The molecule has 5 nitrogen and oxygen atoms in total. The molecule has 0 spiro atoms. The fraction of sp³-hybridized carbons (Fsp3) is 0.636. The standard InChI is InChI=1S/C22H28N2O3S/c23-20(28)16-5-4-14-10-17-22(27)7-6-15(25)11-21(22,18(14)19(16)26)8-9-24(17)12-13-2-1-3-13/h4-5,13,17,26-27H,1-3,6-12H2,(H2,23,28)/t17-,21?,22-/m1/s1. The number of ketones is 1. The van der Waals surface area contributed by atoms with E-state index in [1.165, 1.54) is 19.3 Å². The van der Waals surface area contributed by atoms with Crippen molar-refractivity contribution in [3.63, 3.8) is 0 Å². The summed E-state index contributed by atoms with van der Waals surface area (Å²) in [6.07, 6.45) is 6.41. The third-order valence-corrected chi connectivity index (χ3v) is 8.29. The molecule has 2 bridgehead atoms. The number of rotatable bonds is 3. The number of carbonyl (C=O) groups excluding carboxylic acids is 1. The third kappa shape index (κ3) is 2.37. The minimum Gasteiger partial charge on any atom is -0.507 e. The fourth-order valence-electron chi connectivity index (χ4n) is 6.43. The van der Waals surface area contributed by atoms with Crippen LogP contribution in [0.15, 0.2) is 12.1 Å². The number of aliphatic hydroxyl groups is 1. The van der Waals surface area contributed by atoms with Crippen molar-refractivity contribution in [3.8, 4) is 5.75 Å². The number of thiocarbonyl (C=S) groups is 1. The van der Waals surface area contributed by atoms with E-state index in [0.717, 1.165) is 30.1 Å². The van der Waals surface area contributed by atoms with Gasteiger partial charge in [-0.1, -0.05) is 24.7 Å². The molecule has 4 aliphatic rings. The van der Waals surface area contributed by atoms with Gasteiger partial charge in [0.05, 0.1) is 11.2 Å². The molecule has 150 valence electrons. The van der Waals surface area contributed by atoms with Crippen molar-refractivity contribution in [1.29, 1.82) is 0 Å². The van der Waals surface area contributed by atoms with Gasteiger partial charge in [-0.25, -0.2) is 0 Å². The topological polar surface area (TPSA) is 86.8 Å². The van der Waals surface area contributed by atoms with Crippen LogP contribution in [0.4, 0.5) is 0 Å². The minimum absolute atomic E-state index is 0.00229. The zero-order valence-corrected chi connectivity index (χ0v) is 16.9. The molecule has 28 heavy (non-hydrogen) atoms. The van der Waals surface area contributed by atoms with Gasteiger partial charge in [-0.2, -0.15) is 0 Å². The molecule has 5 rings (SSSR count). The molecule has 2 saturated carbocycles. The monoisotopic (exact) mass is 400 g/mol. The molecule has 1 aliphatic heterocycles. The maximum absolute atomic E-state index is 12.6. The molecule has 0 aromatic heterocycles. The van der Waals surface area contributed by atoms with E-state index >= 15 is 0 Å². The van der Waals surface area contributed by atoms with Crippen LogP contribution in [-0.4, -0.2) is 50.6 Å². The number of hydrogen-bond donors (Lipinski definition) is 3. The molecule has 0 radical (unpaired) electrons. The van der Waals surface area contributed by atoms with Crippen LogP contribution in [-0.2, 0) is 16.6 Å². The summed E-state index contributed by atoms with van der Waals surface area (Å²) in [6.45, 7) is 1.89. The maximum atomic E-state index is 12.6. The first kappa shape index (κ1) is 18.5. The van der Waals surface area contributed by atoms with Gasteiger partial charge < -0.3 is 15.9 Å². The second-order valence-corrected chi connectivity index (χ2v) is 9.78. The lowest BCUT2D eigenvalue weighted by Crippen LogP contribution is -2.73. The first-order chi connectivity index (χ1) is 13.4. The molecule has 3 fully saturated rings. The molecule has 3 aliphatic carbocycles. The second kappa shape index (κ2) is 6.25. The van der Waals surface area contributed by atoms with Gasteiger partial charge in [0.25, 0.3) is 0 Å². The Morgan fingerprint density at radius 3 is 2.79 bits per heavy atom. The summed E-state index contributed by atoms with van der Waals surface area (Å²) in [7, 11) is 0. The van der Waals surface area contributed by atoms with Crippen LogP contribution in [0.5, 0.6) is 5.75 Å². The Bertz CT molecular complexity index is 868. The Balaban J connectivity index is 1.66. The molecular weight excluding hydrogens is 372 g/mol. The number of piperidine rings is 1. The summed E-state index contributed by atoms with van der Waals surface area (Å²) < 4.78 is 0. The average molecular weight is 401 g/mol. The Labute approximate surface area is 170 Å². The van der Waals surface area contributed by atoms with Gasteiger partial charge in [0.15, 0.2) is 0 Å². The number of fused-ring (bicyclic) bond motifs is 1. The molecule has 3 atom stereocenters. The van der Waals surface area contributed by atoms with Crippen LogP contribution in [0.3, 0.4) is 0 Å². The van der Waals surface area contributed by atoms with Crippen LogP contribution in [0.1, 0.15) is 61.6 Å². The zero-order chi connectivity index (χ0) is 19.7. The highest BCUT2D eigenvalue weighted by Gasteiger charge is 2.65. The lowest BCUT2D eigenvalue weighted by Gasteiger charge is -2.63. The molecule has 1 heterocycles. The van der Waals surface area contributed by atoms with E-state index in [4.69, 9.17) is 18.0 Å². The number of hydrogen-bond acceptors (Lipinski definition) is 5. The fourth-order valence-corrected chi connectivity index (χ4v) is 6.59. The molecule has 1 unspecified atom stereocenters. The molecular formula is C22H28N2O3S. The van der Waals surface area contributed by atoms with Gasteiger partial charge in [0, 0.05) is 36.4 Å². The summed E-state index contributed by atoms with van der Waals surface area (Å²) in [4.78, 5) is 15.2. The van der Waals surface area contributed by atoms with Gasteiger partial charge in [0.2, 0.25) is 0 Å². The number of nitrogens with zero attached hydrogens (tertiary/aromatic N) is 1. The summed E-state index contributed by atoms with van der Waals surface area (Å²) in [5.41, 5.74) is 6.30. The van der Waals surface area contributed by atoms with Crippen LogP contribution < -0.4 is 5.73 Å². The molecule has 6 heteroatoms. The highest BCUT2D eigenvalue weighted by molar-refractivity contribution is 7.80. The van der Waals surface area contributed by atoms with Crippen molar-refractivity contribution in [2.24, 2.45) is 11.7 Å². The predicted octanol–water partition coefficient (Wildman–Crippen LogP) is 2.18. The van der Waals surface area contributed by atoms with Crippen molar-refractivity contribution in [2.45, 2.75) is 68.4 Å². The summed E-state index contributed by atoms with van der Waals surface area (Å²) in [5, 5.41) is 23.2. The minimum atomic E-state index is -0.998. The molecule has 4 N–H and O–H groups in total. The van der Waals surface area contributed by atoms with Gasteiger partial charge in [-0.15, -0.1) is 0 Å². The SMILES string of the molecule is NC(=S)c1ccc2c(c1O)C13CCN(CC4CCC4)[C@H](C2)[C@]1(O)CCC(=O)C3. The second-order valence-electron chi connectivity index (χ2n) is 9.34. The number of benzene rings is 1. The van der Waals surface area contributed by atoms with E-state index in [0.29, 0.717) is 37.7 Å². The van der Waals surface area contributed by atoms with Crippen molar-refractivity contribution in [3.05, 3.63) is 28.8 Å². The lowest BCUT2D eigenvalue weighted by molar-refractivity contribution is -0.175. The Morgan fingerprint density at radius 2 is 2.11 bits per heavy atom. The summed E-state index contributed by atoms with van der Waals surface area (Å²) >= 11 is 5.13. The van der Waals surface area contributed by atoms with E-state index in [-0.39, 0.29) is 22.6 Å². The van der Waals surface area contributed by atoms with E-state index < -0.39 is 11.0 Å². The van der Waals surface area contributed by atoms with Crippen LogP contribution in [0.25, 0.3) is 0 Å². The van der Waals surface area contributed by atoms with Gasteiger partial charge in [-0.05, 0) is 56.2 Å². The number of nitrogens with two attached hydrogens (primary N) is 1. The van der Waals surface area contributed by atoms with Gasteiger partial charge >= 0.3 is 0 Å². The van der Waals surface area contributed by atoms with E-state index in [2.05, 4.69) is 4.90 Å². The first-order valence-corrected chi connectivity index (χ1v) is 10.9. The molecule has 1 saturated heterocycles. The number of phenols is 1. The first-order valence-electron chi connectivity index (χ1n) is 10.5. The van der Waals surface area contributed by atoms with Crippen LogP contribution in [0.2, 0.25) is 0 Å². The largest absolute Gasteiger partial charge is 0.507 e. The van der Waals surface area contributed by atoms with Crippen LogP contribution >= 0.6 is 12.2 Å². The number of Topliss-reactive ketones (excluding diaryl/α,β-unsaturated/α-hetero) is 1. The number of phenolic OH excluding ortho intramolecular Hbond substituents is 1. The zero-order valence-electron chi connectivity index (χ0n) is 16.1. The predicted molar refractivity (Wildman–Crippen MR) is 111 cm³/mol. The number of aromatic hydroxyl groups is 1. The number of likely N-dealkylation sites (tertiary alicyclic amines) is 1. The Morgan fingerprint density at radius 1 is 1.32 bits per heavy atom. The smallest absolute Gasteiger partial charge is 0.134 e. The Kier molecular flexibility index (Phi) is 4.13. The average Bonchev–Trinajstić information content (AvgIpc) is 2.59. The molecule has 0 amide bonds. The van der Waals surface area contributed by atoms with Crippen LogP contribution in [0, 0.1) is 5.92 Å². The molecule has 1 aromatic carbocycles. The van der Waals surface area contributed by atoms with E-state index in [1.54, 1.807) is 6.07 Å². The Hall–Kier alpha value is -1.50. The third-order valence-electron chi connectivity index (χ3n) is 8.07. The normalized spacial score (nSPS) is 35.0. The van der Waals surface area contributed by atoms with E-state index in [1.807, 2.05) is 6.07 Å². The summed E-state index contributed by atoms with van der Waals surface area (Å²) in [5.74, 6) is 0.973.